The Labute approximate surface area is 143 Å². The van der Waals surface area contributed by atoms with Crippen LogP contribution in [-0.4, -0.2) is 61.2 Å². The Balaban J connectivity index is 1.51. The molecule has 1 saturated heterocycles. The monoisotopic (exact) mass is 327 g/mol. The quantitative estimate of drug-likeness (QED) is 0.812. The second kappa shape index (κ2) is 7.97. The molecule has 0 spiro atoms. The molecule has 0 amide bonds. The van der Waals surface area contributed by atoms with Crippen molar-refractivity contribution in [1.29, 1.82) is 0 Å². The largest absolute Gasteiger partial charge is 0.465 e. The van der Waals surface area contributed by atoms with Crippen LogP contribution in [0, 0.1) is 0 Å². The molecule has 0 radical (unpaired) electrons. The molecule has 2 aromatic heterocycles. The van der Waals surface area contributed by atoms with Gasteiger partial charge in [-0.15, -0.1) is 0 Å². The maximum atomic E-state index is 5.30. The third kappa shape index (κ3) is 4.14. The number of hydrogen-bond acceptors (Lipinski definition) is 6. The normalized spacial score (nSPS) is 16.0. The summed E-state index contributed by atoms with van der Waals surface area (Å²) in [6.45, 7) is 7.93. The van der Waals surface area contributed by atoms with E-state index in [4.69, 9.17) is 4.42 Å². The van der Waals surface area contributed by atoms with Gasteiger partial charge in [-0.3, -0.25) is 4.90 Å². The molecule has 3 rings (SSSR count). The fourth-order valence-electron chi connectivity index (χ4n) is 2.70. The molecule has 0 aromatic carbocycles. The lowest BCUT2D eigenvalue weighted by molar-refractivity contribution is 0.283. The van der Waals surface area contributed by atoms with Crippen LogP contribution >= 0.6 is 0 Å². The predicted octanol–water partition coefficient (Wildman–Crippen LogP) is 2.36. The number of hydrogen-bond donors (Lipinski definition) is 0. The summed E-state index contributed by atoms with van der Waals surface area (Å²) in [5, 5.41) is 0. The molecule has 0 saturated carbocycles. The molecule has 128 valence electrons. The predicted molar refractivity (Wildman–Crippen MR) is 97.4 cm³/mol. The summed E-state index contributed by atoms with van der Waals surface area (Å²) in [6.07, 6.45) is 7.73. The van der Waals surface area contributed by atoms with E-state index in [9.17, 15) is 0 Å². The average Bonchev–Trinajstić information content (AvgIpc) is 3.15. The van der Waals surface area contributed by atoms with E-state index in [2.05, 4.69) is 44.7 Å². The van der Waals surface area contributed by atoms with Gasteiger partial charge in [-0.05, 0) is 31.2 Å². The zero-order valence-electron chi connectivity index (χ0n) is 14.4. The summed E-state index contributed by atoms with van der Waals surface area (Å²) in [4.78, 5) is 15.9. The van der Waals surface area contributed by atoms with Gasteiger partial charge in [0.05, 0.1) is 6.26 Å². The molecule has 0 N–H and O–H groups in total. The van der Waals surface area contributed by atoms with E-state index in [-0.39, 0.29) is 0 Å². The zero-order chi connectivity index (χ0) is 16.8. The Morgan fingerprint density at radius 2 is 2.08 bits per heavy atom. The lowest BCUT2D eigenvalue weighted by Gasteiger charge is -2.34. The highest BCUT2D eigenvalue weighted by Crippen LogP contribution is 2.15. The van der Waals surface area contributed by atoms with E-state index in [1.54, 1.807) is 6.26 Å². The van der Waals surface area contributed by atoms with Crippen molar-refractivity contribution in [3.63, 3.8) is 0 Å². The number of piperazine rings is 1. The summed E-state index contributed by atoms with van der Waals surface area (Å²) in [5.74, 6) is 2.71. The first-order valence-electron chi connectivity index (χ1n) is 8.48. The van der Waals surface area contributed by atoms with Gasteiger partial charge in [-0.1, -0.05) is 6.08 Å². The molecule has 0 unspecified atom stereocenters. The summed E-state index contributed by atoms with van der Waals surface area (Å²) >= 11 is 0. The summed E-state index contributed by atoms with van der Waals surface area (Å²) in [7, 11) is 2.05. The Kier molecular flexibility index (Phi) is 5.48. The number of aromatic nitrogens is 2. The molecule has 0 bridgehead atoms. The second-order valence-corrected chi connectivity index (χ2v) is 5.93. The SMILES string of the molecule is CCN(C)c1ccnc(N2CCN(CC=Cc3ccco3)CC2)n1. The molecule has 6 nitrogen and oxygen atoms in total. The van der Waals surface area contributed by atoms with E-state index in [1.165, 1.54) is 0 Å². The Morgan fingerprint density at radius 1 is 1.25 bits per heavy atom. The van der Waals surface area contributed by atoms with Crippen molar-refractivity contribution in [3.8, 4) is 0 Å². The van der Waals surface area contributed by atoms with Crippen LogP contribution in [0.25, 0.3) is 6.08 Å². The third-order valence-corrected chi connectivity index (χ3v) is 4.34. The van der Waals surface area contributed by atoms with Gasteiger partial charge in [0.25, 0.3) is 0 Å². The van der Waals surface area contributed by atoms with E-state index in [0.29, 0.717) is 0 Å². The summed E-state index contributed by atoms with van der Waals surface area (Å²) < 4.78 is 5.30. The lowest BCUT2D eigenvalue weighted by atomic mass is 10.3. The number of rotatable bonds is 6. The van der Waals surface area contributed by atoms with Gasteiger partial charge < -0.3 is 14.2 Å². The van der Waals surface area contributed by atoms with Crippen molar-refractivity contribution in [2.24, 2.45) is 0 Å². The van der Waals surface area contributed by atoms with Crippen LogP contribution in [0.5, 0.6) is 0 Å². The van der Waals surface area contributed by atoms with Crippen molar-refractivity contribution in [1.82, 2.24) is 14.9 Å². The van der Waals surface area contributed by atoms with E-state index >= 15 is 0 Å². The molecular weight excluding hydrogens is 302 g/mol. The first kappa shape index (κ1) is 16.5. The van der Waals surface area contributed by atoms with Crippen molar-refractivity contribution < 1.29 is 4.42 Å². The molecule has 24 heavy (non-hydrogen) atoms. The lowest BCUT2D eigenvalue weighted by Crippen LogP contribution is -2.47. The fourth-order valence-corrected chi connectivity index (χ4v) is 2.70. The smallest absolute Gasteiger partial charge is 0.227 e. The van der Waals surface area contributed by atoms with E-state index in [1.807, 2.05) is 30.5 Å². The molecule has 0 aliphatic carbocycles. The summed E-state index contributed by atoms with van der Waals surface area (Å²) in [5.41, 5.74) is 0. The second-order valence-electron chi connectivity index (χ2n) is 5.93. The van der Waals surface area contributed by atoms with Crippen LogP contribution in [0.1, 0.15) is 12.7 Å². The molecule has 6 heteroatoms. The molecule has 1 aliphatic rings. The van der Waals surface area contributed by atoms with Gasteiger partial charge in [0.1, 0.15) is 11.6 Å². The minimum Gasteiger partial charge on any atom is -0.465 e. The van der Waals surface area contributed by atoms with Crippen LogP contribution < -0.4 is 9.80 Å². The standard InChI is InChI=1S/C18H25N5O/c1-3-21(2)17-8-9-19-18(20-17)23-13-11-22(12-14-23)10-4-6-16-7-5-15-24-16/h4-9,15H,3,10-14H2,1-2H3. The van der Waals surface area contributed by atoms with Crippen molar-refractivity contribution in [3.05, 3.63) is 42.5 Å². The van der Waals surface area contributed by atoms with Gasteiger partial charge in [-0.2, -0.15) is 4.98 Å². The molecule has 3 heterocycles. The number of furan rings is 1. The number of nitrogens with zero attached hydrogens (tertiary/aromatic N) is 5. The highest BCUT2D eigenvalue weighted by Gasteiger charge is 2.18. The minimum atomic E-state index is 0.832. The van der Waals surface area contributed by atoms with Gasteiger partial charge >= 0.3 is 0 Å². The molecule has 1 aliphatic heterocycles. The van der Waals surface area contributed by atoms with Gasteiger partial charge in [0.2, 0.25) is 5.95 Å². The minimum absolute atomic E-state index is 0.832. The highest BCUT2D eigenvalue weighted by atomic mass is 16.3. The first-order valence-corrected chi connectivity index (χ1v) is 8.48. The number of anilines is 2. The van der Waals surface area contributed by atoms with Crippen LogP contribution in [0.3, 0.4) is 0 Å². The Morgan fingerprint density at radius 3 is 2.79 bits per heavy atom. The first-order chi connectivity index (χ1) is 11.8. The average molecular weight is 327 g/mol. The molecule has 1 fully saturated rings. The van der Waals surface area contributed by atoms with Gasteiger partial charge in [-0.25, -0.2) is 4.98 Å². The maximum Gasteiger partial charge on any atom is 0.227 e. The molecular formula is C18H25N5O. The van der Waals surface area contributed by atoms with Crippen molar-refractivity contribution in [2.45, 2.75) is 6.92 Å². The van der Waals surface area contributed by atoms with Gasteiger partial charge in [0.15, 0.2) is 0 Å². The highest BCUT2D eigenvalue weighted by molar-refractivity contribution is 5.44. The Hall–Kier alpha value is -2.34. The third-order valence-electron chi connectivity index (χ3n) is 4.34. The van der Waals surface area contributed by atoms with Crippen LogP contribution in [0.2, 0.25) is 0 Å². The molecule has 2 aromatic rings. The zero-order valence-corrected chi connectivity index (χ0v) is 14.4. The van der Waals surface area contributed by atoms with Crippen LogP contribution in [0.15, 0.2) is 41.2 Å². The van der Waals surface area contributed by atoms with Crippen molar-refractivity contribution >= 4 is 17.8 Å². The van der Waals surface area contributed by atoms with Crippen LogP contribution in [0.4, 0.5) is 11.8 Å². The molecule has 0 atom stereocenters. The van der Waals surface area contributed by atoms with Crippen LogP contribution in [-0.2, 0) is 0 Å². The topological polar surface area (TPSA) is 48.6 Å². The fraction of sp³-hybridized carbons (Fsp3) is 0.444. The van der Waals surface area contributed by atoms with E-state index < -0.39 is 0 Å². The van der Waals surface area contributed by atoms with Gasteiger partial charge in [0, 0.05) is 52.5 Å². The van der Waals surface area contributed by atoms with E-state index in [0.717, 1.165) is 56.8 Å². The summed E-state index contributed by atoms with van der Waals surface area (Å²) in [6, 6.07) is 5.83. The Bertz CT molecular complexity index is 647. The maximum absolute atomic E-state index is 5.30. The van der Waals surface area contributed by atoms with Crippen molar-refractivity contribution in [2.75, 3.05) is 56.1 Å².